The fourth-order valence-electron chi connectivity index (χ4n) is 2.44. The first-order valence-corrected chi connectivity index (χ1v) is 8.61. The Balaban J connectivity index is 2.60. The largest absolute Gasteiger partial charge is 0.493 e. The zero-order chi connectivity index (χ0) is 19.4. The fraction of sp³-hybridized carbons (Fsp3) is 0.381. The third kappa shape index (κ3) is 6.66. The van der Waals surface area contributed by atoms with Gasteiger partial charge in [-0.15, -0.1) is 6.42 Å². The number of benzene rings is 1. The third-order valence-corrected chi connectivity index (χ3v) is 3.92. The molecule has 0 aliphatic carbocycles. The second-order valence-corrected chi connectivity index (χ2v) is 5.67. The predicted octanol–water partition coefficient (Wildman–Crippen LogP) is 2.46. The van der Waals surface area contributed by atoms with Crippen LogP contribution in [0, 0.1) is 18.3 Å². The minimum absolute atomic E-state index is 0.0132. The molecule has 1 aromatic rings. The highest BCUT2D eigenvalue weighted by atomic mass is 16.5. The van der Waals surface area contributed by atoms with Crippen LogP contribution in [0.2, 0.25) is 0 Å². The van der Waals surface area contributed by atoms with Crippen LogP contribution in [0.15, 0.2) is 42.0 Å². The molecule has 0 fully saturated rings. The van der Waals surface area contributed by atoms with Gasteiger partial charge in [-0.25, -0.2) is 0 Å². The molecule has 1 aromatic carbocycles. The number of carbonyl (C=O) groups is 1. The van der Waals surface area contributed by atoms with Crippen molar-refractivity contribution in [2.75, 3.05) is 26.8 Å². The molecule has 1 atom stereocenters. The summed E-state index contributed by atoms with van der Waals surface area (Å²) >= 11 is 0. The third-order valence-electron chi connectivity index (χ3n) is 3.92. The molecular weight excluding hydrogens is 328 g/mol. The maximum Gasteiger partial charge on any atom is 0.227 e. The predicted molar refractivity (Wildman–Crippen MR) is 105 cm³/mol. The van der Waals surface area contributed by atoms with Gasteiger partial charge in [0.2, 0.25) is 5.91 Å². The molecule has 0 saturated heterocycles. The lowest BCUT2D eigenvalue weighted by Crippen LogP contribution is -2.31. The molecule has 1 amide bonds. The number of nitrogens with one attached hydrogen (secondary N) is 1. The monoisotopic (exact) mass is 356 g/mol. The molecule has 3 N–H and O–H groups in total. The lowest BCUT2D eigenvalue weighted by molar-refractivity contribution is -0.123. The maximum atomic E-state index is 12.3. The second-order valence-electron chi connectivity index (χ2n) is 5.67. The Labute approximate surface area is 156 Å². The summed E-state index contributed by atoms with van der Waals surface area (Å²) in [5.41, 5.74) is 7.46. The topological polar surface area (TPSA) is 73.6 Å². The van der Waals surface area contributed by atoms with Crippen molar-refractivity contribution in [1.82, 2.24) is 5.32 Å². The average molecular weight is 356 g/mol. The number of hydrogen-bond acceptors (Lipinski definition) is 4. The molecule has 0 aromatic heterocycles. The van der Waals surface area contributed by atoms with Gasteiger partial charge in [-0.05, 0) is 43.5 Å². The molecule has 26 heavy (non-hydrogen) atoms. The maximum absolute atomic E-state index is 12.3. The van der Waals surface area contributed by atoms with Crippen molar-refractivity contribution in [2.45, 2.75) is 20.3 Å². The van der Waals surface area contributed by atoms with E-state index in [-0.39, 0.29) is 18.4 Å². The highest BCUT2D eigenvalue weighted by Crippen LogP contribution is 2.28. The van der Waals surface area contributed by atoms with E-state index in [1.807, 2.05) is 50.3 Å². The Hall–Kier alpha value is -2.71. The summed E-state index contributed by atoms with van der Waals surface area (Å²) < 4.78 is 10.8. The number of allylic oxidation sites excluding steroid dienone is 2. The molecule has 0 bridgehead atoms. The lowest BCUT2D eigenvalue weighted by atomic mass is 9.99. The van der Waals surface area contributed by atoms with E-state index in [0.717, 1.165) is 11.1 Å². The molecule has 0 heterocycles. The first kappa shape index (κ1) is 21.3. The van der Waals surface area contributed by atoms with Gasteiger partial charge in [-0.2, -0.15) is 0 Å². The molecule has 1 rings (SSSR count). The summed E-state index contributed by atoms with van der Waals surface area (Å²) in [6.07, 6.45) is 11.6. The van der Waals surface area contributed by atoms with Gasteiger partial charge in [0, 0.05) is 13.1 Å². The van der Waals surface area contributed by atoms with Crippen LogP contribution >= 0.6 is 0 Å². The molecule has 0 saturated carbocycles. The summed E-state index contributed by atoms with van der Waals surface area (Å²) in [5.74, 6) is 3.42. The molecule has 5 heteroatoms. The van der Waals surface area contributed by atoms with E-state index in [1.54, 1.807) is 7.11 Å². The summed E-state index contributed by atoms with van der Waals surface area (Å²) in [6.45, 7) is 4.97. The quantitative estimate of drug-likeness (QED) is 0.499. The standard InChI is InChI=1S/C21H28N2O3/c1-5-14-26-19-10-9-17(15-20(19)25-4)11-13-23-21(24)16(3)18(6-2)8-7-12-22/h1,6-10,15-16H,11-14,22H2,2-4H3,(H,23,24)/b8-7-,18-6+. The van der Waals surface area contributed by atoms with Gasteiger partial charge >= 0.3 is 0 Å². The normalized spacial score (nSPS) is 12.5. The van der Waals surface area contributed by atoms with Crippen LogP contribution in [-0.4, -0.2) is 32.7 Å². The molecular formula is C21H28N2O3. The first-order valence-electron chi connectivity index (χ1n) is 8.61. The van der Waals surface area contributed by atoms with Gasteiger partial charge in [0.25, 0.3) is 0 Å². The van der Waals surface area contributed by atoms with Crippen LogP contribution in [0.4, 0.5) is 0 Å². The van der Waals surface area contributed by atoms with Crippen LogP contribution < -0.4 is 20.5 Å². The number of hydrogen-bond donors (Lipinski definition) is 2. The Morgan fingerprint density at radius 3 is 2.81 bits per heavy atom. The minimum Gasteiger partial charge on any atom is -0.493 e. The smallest absolute Gasteiger partial charge is 0.227 e. The van der Waals surface area contributed by atoms with Gasteiger partial charge in [-0.3, -0.25) is 4.79 Å². The van der Waals surface area contributed by atoms with Crippen LogP contribution in [0.1, 0.15) is 19.4 Å². The zero-order valence-corrected chi connectivity index (χ0v) is 15.7. The van der Waals surface area contributed by atoms with E-state index in [0.29, 0.717) is 31.0 Å². The molecule has 0 aliphatic heterocycles. The summed E-state index contributed by atoms with van der Waals surface area (Å²) in [7, 11) is 1.58. The number of amides is 1. The average Bonchev–Trinajstić information content (AvgIpc) is 2.66. The summed E-state index contributed by atoms with van der Waals surface area (Å²) in [6, 6.07) is 5.65. The van der Waals surface area contributed by atoms with Crippen molar-refractivity contribution in [3.8, 4) is 23.8 Å². The minimum atomic E-state index is -0.225. The van der Waals surface area contributed by atoms with Crippen LogP contribution in [0.3, 0.4) is 0 Å². The second kappa shape index (κ2) is 11.8. The van der Waals surface area contributed by atoms with Crippen LogP contribution in [0.25, 0.3) is 0 Å². The van der Waals surface area contributed by atoms with Gasteiger partial charge in [-0.1, -0.05) is 30.2 Å². The van der Waals surface area contributed by atoms with Crippen molar-refractivity contribution in [2.24, 2.45) is 11.7 Å². The van der Waals surface area contributed by atoms with E-state index >= 15 is 0 Å². The molecule has 5 nitrogen and oxygen atoms in total. The van der Waals surface area contributed by atoms with Crippen LogP contribution in [0.5, 0.6) is 11.5 Å². The fourth-order valence-corrected chi connectivity index (χ4v) is 2.44. The zero-order valence-electron chi connectivity index (χ0n) is 15.7. The Bertz CT molecular complexity index is 687. The van der Waals surface area contributed by atoms with Gasteiger partial charge in [0.05, 0.1) is 13.0 Å². The van der Waals surface area contributed by atoms with Crippen molar-refractivity contribution in [3.05, 3.63) is 47.6 Å². The van der Waals surface area contributed by atoms with Crippen molar-refractivity contribution >= 4 is 5.91 Å². The summed E-state index contributed by atoms with van der Waals surface area (Å²) in [5, 5.41) is 2.97. The Kier molecular flexibility index (Phi) is 9.66. The van der Waals surface area contributed by atoms with Gasteiger partial charge < -0.3 is 20.5 Å². The lowest BCUT2D eigenvalue weighted by Gasteiger charge is -2.14. The van der Waals surface area contributed by atoms with Crippen LogP contribution in [-0.2, 0) is 11.2 Å². The number of rotatable bonds is 10. The van der Waals surface area contributed by atoms with Gasteiger partial charge in [0.15, 0.2) is 11.5 Å². The number of methoxy groups -OCH3 is 1. The molecule has 0 spiro atoms. The van der Waals surface area contributed by atoms with E-state index in [1.165, 1.54) is 0 Å². The van der Waals surface area contributed by atoms with Crippen molar-refractivity contribution in [3.63, 3.8) is 0 Å². The van der Waals surface area contributed by atoms with E-state index in [2.05, 4.69) is 11.2 Å². The number of nitrogens with two attached hydrogens (primary N) is 1. The first-order chi connectivity index (χ1) is 12.6. The molecule has 140 valence electrons. The number of carbonyl (C=O) groups excluding carboxylic acids is 1. The summed E-state index contributed by atoms with van der Waals surface area (Å²) in [4.78, 5) is 12.3. The van der Waals surface area contributed by atoms with E-state index in [4.69, 9.17) is 21.6 Å². The van der Waals surface area contributed by atoms with Crippen molar-refractivity contribution in [1.29, 1.82) is 0 Å². The van der Waals surface area contributed by atoms with Gasteiger partial charge in [0.1, 0.15) is 6.61 Å². The van der Waals surface area contributed by atoms with Crippen molar-refractivity contribution < 1.29 is 14.3 Å². The number of ether oxygens (including phenoxy) is 2. The molecule has 0 aliphatic rings. The Morgan fingerprint density at radius 1 is 1.42 bits per heavy atom. The Morgan fingerprint density at radius 2 is 2.19 bits per heavy atom. The highest BCUT2D eigenvalue weighted by Gasteiger charge is 2.15. The highest BCUT2D eigenvalue weighted by molar-refractivity contribution is 5.81. The molecule has 1 unspecified atom stereocenters. The SMILES string of the molecule is C#CCOc1ccc(CCNC(=O)C(C)C(/C=C\CN)=C/C)cc1OC. The van der Waals surface area contributed by atoms with E-state index in [9.17, 15) is 4.79 Å². The van der Waals surface area contributed by atoms with E-state index < -0.39 is 0 Å². The molecule has 0 radical (unpaired) electrons. The number of terminal acetylenes is 1.